The van der Waals surface area contributed by atoms with Gasteiger partial charge in [0.1, 0.15) is 0 Å². The summed E-state index contributed by atoms with van der Waals surface area (Å²) in [5.41, 5.74) is 3.61. The Labute approximate surface area is 167 Å². The number of anilines is 2. The third-order valence-electron chi connectivity index (χ3n) is 4.63. The number of nitrogens with zero attached hydrogens (tertiary/aromatic N) is 2. The summed E-state index contributed by atoms with van der Waals surface area (Å²) >= 11 is 1.25. The SMILES string of the molecule is Cc1cccc(Cn2cc(NC(=O)C3(C)Sc4ccccc4NC3=O)cn2)c1. The van der Waals surface area contributed by atoms with Crippen LogP contribution in [0.4, 0.5) is 11.4 Å². The molecule has 2 heterocycles. The van der Waals surface area contributed by atoms with Gasteiger partial charge in [0.15, 0.2) is 4.75 Å². The van der Waals surface area contributed by atoms with Gasteiger partial charge in [0.05, 0.1) is 24.1 Å². The van der Waals surface area contributed by atoms with Crippen molar-refractivity contribution >= 4 is 35.0 Å². The highest BCUT2D eigenvalue weighted by Gasteiger charge is 2.45. The fourth-order valence-corrected chi connectivity index (χ4v) is 4.18. The summed E-state index contributed by atoms with van der Waals surface area (Å²) in [5, 5.41) is 9.96. The van der Waals surface area contributed by atoms with Crippen molar-refractivity contribution in [1.29, 1.82) is 0 Å². The molecule has 0 saturated heterocycles. The number of carbonyl (C=O) groups is 2. The lowest BCUT2D eigenvalue weighted by atomic mass is 10.1. The molecule has 4 rings (SSSR count). The summed E-state index contributed by atoms with van der Waals surface area (Å²) < 4.78 is 0.503. The third kappa shape index (κ3) is 3.53. The first kappa shape index (κ1) is 18.3. The van der Waals surface area contributed by atoms with Crippen LogP contribution in [0, 0.1) is 6.92 Å². The van der Waals surface area contributed by atoms with E-state index in [-0.39, 0.29) is 11.8 Å². The van der Waals surface area contributed by atoms with Crippen LogP contribution >= 0.6 is 11.8 Å². The Hall–Kier alpha value is -3.06. The molecule has 2 N–H and O–H groups in total. The Morgan fingerprint density at radius 3 is 2.89 bits per heavy atom. The Bertz CT molecular complexity index is 1060. The number of aromatic nitrogens is 2. The van der Waals surface area contributed by atoms with Crippen LogP contribution in [0.2, 0.25) is 0 Å². The molecule has 1 aliphatic rings. The molecule has 7 heteroatoms. The van der Waals surface area contributed by atoms with Crippen molar-refractivity contribution in [2.24, 2.45) is 0 Å². The summed E-state index contributed by atoms with van der Waals surface area (Å²) in [4.78, 5) is 26.3. The van der Waals surface area contributed by atoms with E-state index in [1.54, 1.807) is 24.0 Å². The molecule has 2 amide bonds. The third-order valence-corrected chi connectivity index (χ3v) is 5.99. The monoisotopic (exact) mass is 392 g/mol. The van der Waals surface area contributed by atoms with Crippen molar-refractivity contribution in [2.45, 2.75) is 30.0 Å². The van der Waals surface area contributed by atoms with E-state index in [1.807, 2.05) is 49.4 Å². The fourth-order valence-electron chi connectivity index (χ4n) is 3.08. The van der Waals surface area contributed by atoms with Gasteiger partial charge in [-0.25, -0.2) is 0 Å². The Morgan fingerprint density at radius 1 is 1.25 bits per heavy atom. The molecule has 0 spiro atoms. The zero-order valence-corrected chi connectivity index (χ0v) is 16.4. The van der Waals surface area contributed by atoms with Gasteiger partial charge in [-0.15, -0.1) is 0 Å². The van der Waals surface area contributed by atoms with Gasteiger partial charge < -0.3 is 10.6 Å². The predicted molar refractivity (Wildman–Crippen MR) is 110 cm³/mol. The molecule has 1 aliphatic heterocycles. The molecular formula is C21H20N4O2S. The number of hydrogen-bond donors (Lipinski definition) is 2. The van der Waals surface area contributed by atoms with Gasteiger partial charge in [0.25, 0.3) is 0 Å². The largest absolute Gasteiger partial charge is 0.323 e. The van der Waals surface area contributed by atoms with Crippen molar-refractivity contribution in [3.63, 3.8) is 0 Å². The second kappa shape index (κ2) is 7.16. The number of fused-ring (bicyclic) bond motifs is 1. The lowest BCUT2D eigenvalue weighted by Gasteiger charge is -2.31. The van der Waals surface area contributed by atoms with Crippen LogP contribution in [0.3, 0.4) is 0 Å². The normalized spacial score (nSPS) is 18.3. The number of rotatable bonds is 4. The average Bonchev–Trinajstić information content (AvgIpc) is 3.09. The lowest BCUT2D eigenvalue weighted by molar-refractivity contribution is -0.126. The summed E-state index contributed by atoms with van der Waals surface area (Å²) in [6.07, 6.45) is 3.36. The first-order valence-electron chi connectivity index (χ1n) is 8.93. The molecule has 1 aromatic heterocycles. The molecule has 0 radical (unpaired) electrons. The minimum Gasteiger partial charge on any atom is -0.323 e. The molecular weight excluding hydrogens is 372 g/mol. The standard InChI is InChI=1S/C21H20N4O2S/c1-14-6-5-7-15(10-14)12-25-13-16(11-22-25)23-19(26)21(2)20(27)24-17-8-3-4-9-18(17)28-21/h3-11,13H,12H2,1-2H3,(H,23,26)(H,24,27). The highest BCUT2D eigenvalue weighted by atomic mass is 32.2. The van der Waals surface area contributed by atoms with Crippen molar-refractivity contribution in [2.75, 3.05) is 10.6 Å². The highest BCUT2D eigenvalue weighted by molar-refractivity contribution is 8.02. The minimum absolute atomic E-state index is 0.333. The van der Waals surface area contributed by atoms with Gasteiger partial charge in [0.2, 0.25) is 11.8 Å². The van der Waals surface area contributed by atoms with Crippen LogP contribution < -0.4 is 10.6 Å². The van der Waals surface area contributed by atoms with Crippen LogP contribution in [-0.4, -0.2) is 26.3 Å². The molecule has 6 nitrogen and oxygen atoms in total. The van der Waals surface area contributed by atoms with Crippen molar-refractivity contribution in [3.8, 4) is 0 Å². The van der Waals surface area contributed by atoms with E-state index in [0.29, 0.717) is 12.2 Å². The number of amides is 2. The molecule has 1 unspecified atom stereocenters. The lowest BCUT2D eigenvalue weighted by Crippen LogP contribution is -2.49. The number of nitrogens with one attached hydrogen (secondary N) is 2. The van der Waals surface area contributed by atoms with E-state index >= 15 is 0 Å². The van der Waals surface area contributed by atoms with E-state index in [4.69, 9.17) is 0 Å². The van der Waals surface area contributed by atoms with Crippen LogP contribution in [0.25, 0.3) is 0 Å². The van der Waals surface area contributed by atoms with Gasteiger partial charge >= 0.3 is 0 Å². The Kier molecular flexibility index (Phi) is 4.68. The molecule has 0 fully saturated rings. The summed E-state index contributed by atoms with van der Waals surface area (Å²) in [6, 6.07) is 15.6. The number of hydrogen-bond acceptors (Lipinski definition) is 4. The van der Waals surface area contributed by atoms with Gasteiger partial charge in [-0.1, -0.05) is 53.7 Å². The van der Waals surface area contributed by atoms with E-state index in [1.165, 1.54) is 17.3 Å². The number of aryl methyl sites for hydroxylation is 1. The van der Waals surface area contributed by atoms with Gasteiger partial charge in [-0.3, -0.25) is 14.3 Å². The van der Waals surface area contributed by atoms with Crippen molar-refractivity contribution in [1.82, 2.24) is 9.78 Å². The average molecular weight is 392 g/mol. The Balaban J connectivity index is 1.48. The van der Waals surface area contributed by atoms with Crippen LogP contribution in [0.1, 0.15) is 18.1 Å². The van der Waals surface area contributed by atoms with Gasteiger partial charge in [-0.2, -0.15) is 5.10 Å². The quantitative estimate of drug-likeness (QED) is 0.664. The number of thioether (sulfide) groups is 1. The second-order valence-corrected chi connectivity index (χ2v) is 8.42. The summed E-state index contributed by atoms with van der Waals surface area (Å²) in [6.45, 7) is 4.29. The van der Waals surface area contributed by atoms with Gasteiger partial charge in [0, 0.05) is 11.1 Å². The first-order chi connectivity index (χ1) is 13.4. The van der Waals surface area contributed by atoms with E-state index in [0.717, 1.165) is 16.1 Å². The molecule has 1 atom stereocenters. The van der Waals surface area contributed by atoms with E-state index < -0.39 is 4.75 Å². The topological polar surface area (TPSA) is 76.0 Å². The Morgan fingerprint density at radius 2 is 2.07 bits per heavy atom. The zero-order valence-electron chi connectivity index (χ0n) is 15.6. The molecule has 28 heavy (non-hydrogen) atoms. The summed E-state index contributed by atoms with van der Waals surface area (Å²) in [5.74, 6) is -0.708. The van der Waals surface area contributed by atoms with Crippen molar-refractivity contribution < 1.29 is 9.59 Å². The molecule has 3 aromatic rings. The maximum absolute atomic E-state index is 12.9. The van der Waals surface area contributed by atoms with Crippen LogP contribution in [0.5, 0.6) is 0 Å². The van der Waals surface area contributed by atoms with Gasteiger partial charge in [-0.05, 0) is 31.5 Å². The predicted octanol–water partition coefficient (Wildman–Crippen LogP) is 3.68. The smallest absolute Gasteiger partial charge is 0.250 e. The van der Waals surface area contributed by atoms with Crippen LogP contribution in [-0.2, 0) is 16.1 Å². The number of para-hydroxylation sites is 1. The molecule has 0 saturated carbocycles. The number of benzene rings is 2. The molecule has 2 aromatic carbocycles. The molecule has 0 aliphatic carbocycles. The maximum atomic E-state index is 12.9. The first-order valence-corrected chi connectivity index (χ1v) is 9.75. The molecule has 0 bridgehead atoms. The minimum atomic E-state index is -1.26. The van der Waals surface area contributed by atoms with Crippen LogP contribution in [0.15, 0.2) is 65.8 Å². The maximum Gasteiger partial charge on any atom is 0.250 e. The second-order valence-electron chi connectivity index (χ2n) is 6.96. The van der Waals surface area contributed by atoms with E-state index in [9.17, 15) is 9.59 Å². The van der Waals surface area contributed by atoms with Crippen molar-refractivity contribution in [3.05, 3.63) is 72.1 Å². The molecule has 142 valence electrons. The fraction of sp³-hybridized carbons (Fsp3) is 0.190. The summed E-state index contributed by atoms with van der Waals surface area (Å²) in [7, 11) is 0. The number of carbonyl (C=O) groups excluding carboxylic acids is 2. The highest BCUT2D eigenvalue weighted by Crippen LogP contribution is 2.42. The zero-order chi connectivity index (χ0) is 19.7. The van der Waals surface area contributed by atoms with E-state index in [2.05, 4.69) is 21.8 Å².